The molecule has 1 N–H and O–H groups in total. The highest BCUT2D eigenvalue weighted by Crippen LogP contribution is 2.29. The number of imide groups is 1. The first-order valence-corrected chi connectivity index (χ1v) is 9.20. The molecule has 0 spiro atoms. The van der Waals surface area contributed by atoms with Gasteiger partial charge in [-0.3, -0.25) is 24.5 Å². The van der Waals surface area contributed by atoms with Crippen molar-refractivity contribution in [2.45, 2.75) is 44.8 Å². The summed E-state index contributed by atoms with van der Waals surface area (Å²) < 4.78 is 5.19. The number of hydrogen-bond donors (Lipinski definition) is 1. The predicted molar refractivity (Wildman–Crippen MR) is 101 cm³/mol. The van der Waals surface area contributed by atoms with Gasteiger partial charge in [-0.25, -0.2) is 0 Å². The molecule has 8 heteroatoms. The number of rotatable bonds is 5. The van der Waals surface area contributed by atoms with E-state index in [9.17, 15) is 19.2 Å². The van der Waals surface area contributed by atoms with Gasteiger partial charge in [0.15, 0.2) is 0 Å². The Morgan fingerprint density at radius 1 is 1.32 bits per heavy atom. The van der Waals surface area contributed by atoms with Crippen molar-refractivity contribution in [1.29, 1.82) is 0 Å². The number of ether oxygens (including phenoxy) is 1. The van der Waals surface area contributed by atoms with Gasteiger partial charge in [0.1, 0.15) is 6.04 Å². The van der Waals surface area contributed by atoms with Crippen LogP contribution in [0.25, 0.3) is 0 Å². The van der Waals surface area contributed by atoms with E-state index in [-0.39, 0.29) is 24.1 Å². The monoisotopic (exact) mass is 387 g/mol. The molecule has 1 atom stereocenters. The van der Waals surface area contributed by atoms with Crippen molar-refractivity contribution in [3.8, 4) is 0 Å². The first-order chi connectivity index (χ1) is 13.2. The second-order valence-electron chi connectivity index (χ2n) is 7.88. The molecule has 1 fully saturated rings. The van der Waals surface area contributed by atoms with Crippen LogP contribution in [0.2, 0.25) is 0 Å². The van der Waals surface area contributed by atoms with Gasteiger partial charge >= 0.3 is 0 Å². The number of piperidine rings is 1. The van der Waals surface area contributed by atoms with Gasteiger partial charge in [0, 0.05) is 38.2 Å². The number of carbonyl (C=O) groups is 4. The molecule has 4 amide bonds. The number of carbonyl (C=O) groups excluding carboxylic acids is 4. The van der Waals surface area contributed by atoms with Gasteiger partial charge in [0.2, 0.25) is 11.8 Å². The number of amides is 4. The summed E-state index contributed by atoms with van der Waals surface area (Å²) in [6.07, 6.45) is 0.518. The maximum absolute atomic E-state index is 12.9. The minimum Gasteiger partial charge on any atom is -0.382 e. The normalized spacial score (nSPS) is 19.5. The number of hydrogen-bond acceptors (Lipinski definition) is 5. The molecular weight excluding hydrogens is 362 g/mol. The Morgan fingerprint density at radius 3 is 2.68 bits per heavy atom. The van der Waals surface area contributed by atoms with Crippen LogP contribution < -0.4 is 5.32 Å². The summed E-state index contributed by atoms with van der Waals surface area (Å²) >= 11 is 0. The van der Waals surface area contributed by atoms with Gasteiger partial charge < -0.3 is 14.5 Å². The fourth-order valence-electron chi connectivity index (χ4n) is 3.61. The summed E-state index contributed by atoms with van der Waals surface area (Å²) in [5, 5.41) is 2.28. The molecule has 0 bridgehead atoms. The molecule has 1 aromatic carbocycles. The van der Waals surface area contributed by atoms with Gasteiger partial charge in [0.25, 0.3) is 11.8 Å². The van der Waals surface area contributed by atoms with Crippen LogP contribution in [0.5, 0.6) is 0 Å². The van der Waals surface area contributed by atoms with Crippen LogP contribution in [0, 0.1) is 0 Å². The lowest BCUT2D eigenvalue weighted by molar-refractivity contribution is -0.136. The van der Waals surface area contributed by atoms with Crippen LogP contribution in [0.4, 0.5) is 0 Å². The van der Waals surface area contributed by atoms with Gasteiger partial charge in [-0.05, 0) is 38.0 Å². The zero-order valence-electron chi connectivity index (χ0n) is 16.6. The van der Waals surface area contributed by atoms with E-state index in [2.05, 4.69) is 5.32 Å². The Bertz CT molecular complexity index is 848. The van der Waals surface area contributed by atoms with E-state index in [0.29, 0.717) is 30.7 Å². The quantitative estimate of drug-likeness (QED) is 0.759. The van der Waals surface area contributed by atoms with Gasteiger partial charge in [0.05, 0.1) is 12.1 Å². The topological polar surface area (TPSA) is 96.0 Å². The molecule has 1 unspecified atom stereocenters. The minimum atomic E-state index is -0.667. The molecular formula is C20H25N3O5. The van der Waals surface area contributed by atoms with E-state index in [1.54, 1.807) is 37.3 Å². The smallest absolute Gasteiger partial charge is 0.255 e. The molecule has 2 heterocycles. The molecule has 8 nitrogen and oxygen atoms in total. The largest absolute Gasteiger partial charge is 0.382 e. The first-order valence-electron chi connectivity index (χ1n) is 9.20. The summed E-state index contributed by atoms with van der Waals surface area (Å²) in [6, 6.07) is 4.37. The van der Waals surface area contributed by atoms with Gasteiger partial charge in [-0.15, -0.1) is 0 Å². The fourth-order valence-corrected chi connectivity index (χ4v) is 3.61. The molecule has 2 aliphatic heterocycles. The molecule has 2 aliphatic rings. The summed E-state index contributed by atoms with van der Waals surface area (Å²) in [4.78, 5) is 52.3. The van der Waals surface area contributed by atoms with Crippen molar-refractivity contribution in [2.24, 2.45) is 0 Å². The Morgan fingerprint density at radius 2 is 2.04 bits per heavy atom. The van der Waals surface area contributed by atoms with E-state index < -0.39 is 17.5 Å². The standard InChI is InChI=1S/C20H25N3O5/c1-20(2,11-28-4)22(3)18(26)12-5-6-13-10-23(19(27)14(13)9-12)15-7-8-16(24)21-17(15)25/h5-6,9,15H,7-8,10-11H2,1-4H3,(H,21,24,25). The van der Waals surface area contributed by atoms with Gasteiger partial charge in [-0.2, -0.15) is 0 Å². The predicted octanol–water partition coefficient (Wildman–Crippen LogP) is 0.945. The lowest BCUT2D eigenvalue weighted by Crippen LogP contribution is -2.52. The van der Waals surface area contributed by atoms with Crippen molar-refractivity contribution in [2.75, 3.05) is 20.8 Å². The highest BCUT2D eigenvalue weighted by atomic mass is 16.5. The van der Waals surface area contributed by atoms with Crippen LogP contribution >= 0.6 is 0 Å². The molecule has 0 aromatic heterocycles. The zero-order chi connectivity index (χ0) is 20.6. The van der Waals surface area contributed by atoms with Gasteiger partial charge in [-0.1, -0.05) is 6.07 Å². The second kappa shape index (κ2) is 7.35. The van der Waals surface area contributed by atoms with E-state index in [1.165, 1.54) is 4.90 Å². The molecule has 0 radical (unpaired) electrons. The molecule has 28 heavy (non-hydrogen) atoms. The highest BCUT2D eigenvalue weighted by Gasteiger charge is 2.39. The molecule has 1 saturated heterocycles. The maximum atomic E-state index is 12.9. The van der Waals surface area contributed by atoms with E-state index in [1.807, 2.05) is 13.8 Å². The zero-order valence-corrected chi connectivity index (χ0v) is 16.6. The van der Waals surface area contributed by atoms with Crippen LogP contribution in [-0.2, 0) is 20.9 Å². The van der Waals surface area contributed by atoms with Crippen LogP contribution in [0.1, 0.15) is 53.0 Å². The minimum absolute atomic E-state index is 0.208. The lowest BCUT2D eigenvalue weighted by Gasteiger charge is -2.35. The molecule has 0 aliphatic carbocycles. The summed E-state index contributed by atoms with van der Waals surface area (Å²) in [5.74, 6) is -1.27. The van der Waals surface area contributed by atoms with Crippen LogP contribution in [0.15, 0.2) is 18.2 Å². The number of fused-ring (bicyclic) bond motifs is 1. The number of nitrogens with one attached hydrogen (secondary N) is 1. The number of likely N-dealkylation sites (N-methyl/N-ethyl adjacent to an activating group) is 1. The van der Waals surface area contributed by atoms with E-state index >= 15 is 0 Å². The SMILES string of the molecule is COCC(C)(C)N(C)C(=O)c1ccc2c(c1)C(=O)N(C1CCC(=O)NC1=O)C2. The van der Waals surface area contributed by atoms with E-state index in [4.69, 9.17) is 4.74 Å². The Kier molecular flexibility index (Phi) is 5.25. The van der Waals surface area contributed by atoms with Crippen LogP contribution in [0.3, 0.4) is 0 Å². The van der Waals surface area contributed by atoms with Crippen molar-refractivity contribution in [3.05, 3.63) is 34.9 Å². The van der Waals surface area contributed by atoms with Crippen molar-refractivity contribution < 1.29 is 23.9 Å². The average Bonchev–Trinajstić information content (AvgIpc) is 2.96. The highest BCUT2D eigenvalue weighted by molar-refractivity contribution is 6.06. The van der Waals surface area contributed by atoms with Crippen LogP contribution in [-0.4, -0.2) is 65.8 Å². The number of nitrogens with zero attached hydrogens (tertiary/aromatic N) is 2. The molecule has 0 saturated carbocycles. The molecule has 150 valence electrons. The Labute approximate surface area is 163 Å². The molecule has 3 rings (SSSR count). The fraction of sp³-hybridized carbons (Fsp3) is 0.500. The summed E-state index contributed by atoms with van der Waals surface area (Å²) in [7, 11) is 3.28. The average molecular weight is 387 g/mol. The summed E-state index contributed by atoms with van der Waals surface area (Å²) in [6.45, 7) is 4.47. The third-order valence-electron chi connectivity index (χ3n) is 5.49. The maximum Gasteiger partial charge on any atom is 0.255 e. The molecule has 1 aromatic rings. The first kappa shape index (κ1) is 20.0. The lowest BCUT2D eigenvalue weighted by atomic mass is 10.0. The third-order valence-corrected chi connectivity index (χ3v) is 5.49. The number of methoxy groups -OCH3 is 1. The summed E-state index contributed by atoms with van der Waals surface area (Å²) in [5.41, 5.74) is 1.09. The van der Waals surface area contributed by atoms with E-state index in [0.717, 1.165) is 5.56 Å². The van der Waals surface area contributed by atoms with Crippen molar-refractivity contribution in [1.82, 2.24) is 15.1 Å². The van der Waals surface area contributed by atoms with Crippen molar-refractivity contribution >= 4 is 23.6 Å². The number of benzene rings is 1. The Balaban J connectivity index is 1.81. The third kappa shape index (κ3) is 3.52. The second-order valence-corrected chi connectivity index (χ2v) is 7.88. The Hall–Kier alpha value is -2.74. The van der Waals surface area contributed by atoms with Crippen molar-refractivity contribution in [3.63, 3.8) is 0 Å².